The molecule has 0 aliphatic carbocycles. The van der Waals surface area contributed by atoms with Crippen LogP contribution in [0.5, 0.6) is 5.75 Å². The number of benzene rings is 3. The summed E-state index contributed by atoms with van der Waals surface area (Å²) in [6, 6.07) is 18.3. The number of fused-ring (bicyclic) bond motifs is 4. The van der Waals surface area contributed by atoms with E-state index in [0.717, 1.165) is 34.3 Å². The van der Waals surface area contributed by atoms with E-state index in [2.05, 4.69) is 52.1 Å². The highest BCUT2D eigenvalue weighted by molar-refractivity contribution is 9.08. The molecule has 0 N–H and O–H groups in total. The molecule has 2 heterocycles. The molecule has 0 aromatic heterocycles. The molecule has 2 aliphatic rings. The number of amides is 1. The first-order valence-electron chi connectivity index (χ1n) is 10.4. The molecule has 1 atom stereocenters. The fourth-order valence-corrected chi connectivity index (χ4v) is 4.79. The molecule has 0 bridgehead atoms. The molecule has 0 fully saturated rings. The van der Waals surface area contributed by atoms with Gasteiger partial charge in [-0.3, -0.25) is 14.7 Å². The van der Waals surface area contributed by atoms with Gasteiger partial charge in [0.1, 0.15) is 12.4 Å². The Morgan fingerprint density at radius 2 is 1.90 bits per heavy atom. The van der Waals surface area contributed by atoms with E-state index in [0.29, 0.717) is 17.9 Å². The van der Waals surface area contributed by atoms with Crippen molar-refractivity contribution in [2.75, 3.05) is 4.90 Å². The van der Waals surface area contributed by atoms with Crippen LogP contribution >= 0.6 is 15.9 Å². The third-order valence-corrected chi connectivity index (χ3v) is 6.53. The summed E-state index contributed by atoms with van der Waals surface area (Å²) in [6.07, 6.45) is 2.69. The van der Waals surface area contributed by atoms with Crippen LogP contribution in [-0.4, -0.2) is 18.2 Å². The number of carbonyl (C=O) groups excluding carboxylic acids is 1. The summed E-state index contributed by atoms with van der Waals surface area (Å²) in [5.41, 5.74) is 7.96. The average molecular weight is 475 g/mol. The summed E-state index contributed by atoms with van der Waals surface area (Å²) in [5, 5.41) is 0.817. The highest BCUT2D eigenvalue weighted by Gasteiger charge is 2.36. The van der Waals surface area contributed by atoms with Crippen LogP contribution in [0.4, 0.5) is 11.4 Å². The molecular weight excluding hydrogens is 452 g/mol. The van der Waals surface area contributed by atoms with Crippen LogP contribution in [0.2, 0.25) is 0 Å². The third-order valence-electron chi connectivity index (χ3n) is 5.89. The maximum atomic E-state index is 13.4. The first-order chi connectivity index (χ1) is 15.0. The van der Waals surface area contributed by atoms with Gasteiger partial charge in [0.05, 0.1) is 17.3 Å². The van der Waals surface area contributed by atoms with Crippen molar-refractivity contribution in [2.45, 2.75) is 38.2 Å². The Balaban J connectivity index is 1.44. The van der Waals surface area contributed by atoms with Gasteiger partial charge < -0.3 is 4.74 Å². The average Bonchev–Trinajstić information content (AvgIpc) is 3.08. The summed E-state index contributed by atoms with van der Waals surface area (Å²) < 4.78 is 6.16. The Morgan fingerprint density at radius 1 is 1.10 bits per heavy atom. The number of hydrogen-bond acceptors (Lipinski definition) is 3. The van der Waals surface area contributed by atoms with E-state index in [-0.39, 0.29) is 11.9 Å². The highest BCUT2D eigenvalue weighted by atomic mass is 79.9. The topological polar surface area (TPSA) is 41.9 Å². The molecule has 3 aromatic rings. The summed E-state index contributed by atoms with van der Waals surface area (Å²) in [7, 11) is 0. The van der Waals surface area contributed by atoms with Gasteiger partial charge >= 0.3 is 0 Å². The predicted octanol–water partition coefficient (Wildman–Crippen LogP) is 6.06. The predicted molar refractivity (Wildman–Crippen MR) is 128 cm³/mol. The van der Waals surface area contributed by atoms with Crippen LogP contribution in [-0.2, 0) is 18.4 Å². The summed E-state index contributed by atoms with van der Waals surface area (Å²) in [4.78, 5) is 20.0. The van der Waals surface area contributed by atoms with Gasteiger partial charge in [0.15, 0.2) is 0 Å². The Labute approximate surface area is 190 Å². The van der Waals surface area contributed by atoms with Crippen molar-refractivity contribution in [1.82, 2.24) is 0 Å². The number of ether oxygens (including phenoxy) is 1. The molecule has 5 rings (SSSR count). The van der Waals surface area contributed by atoms with E-state index in [1.54, 1.807) is 0 Å². The van der Waals surface area contributed by atoms with E-state index < -0.39 is 0 Å². The van der Waals surface area contributed by atoms with E-state index in [4.69, 9.17) is 4.74 Å². The number of alkyl halides is 1. The molecule has 1 amide bonds. The molecule has 0 radical (unpaired) electrons. The van der Waals surface area contributed by atoms with E-state index >= 15 is 0 Å². The fourth-order valence-electron chi connectivity index (χ4n) is 4.47. The monoisotopic (exact) mass is 474 g/mol. The molecule has 0 saturated heterocycles. The lowest BCUT2D eigenvalue weighted by atomic mass is 10.1. The van der Waals surface area contributed by atoms with Gasteiger partial charge in [-0.25, -0.2) is 0 Å². The van der Waals surface area contributed by atoms with Crippen molar-refractivity contribution >= 4 is 39.4 Å². The van der Waals surface area contributed by atoms with Crippen molar-refractivity contribution < 1.29 is 9.53 Å². The van der Waals surface area contributed by atoms with Crippen molar-refractivity contribution in [3.63, 3.8) is 0 Å². The van der Waals surface area contributed by atoms with Crippen LogP contribution in [0.15, 0.2) is 59.6 Å². The molecule has 156 valence electrons. The van der Waals surface area contributed by atoms with Gasteiger partial charge in [0.2, 0.25) is 0 Å². The Kier molecular flexibility index (Phi) is 5.14. The number of anilines is 1. The molecule has 2 aliphatic heterocycles. The summed E-state index contributed by atoms with van der Waals surface area (Å²) in [5.74, 6) is 0.755. The van der Waals surface area contributed by atoms with Gasteiger partial charge in [-0.1, -0.05) is 57.9 Å². The zero-order valence-electron chi connectivity index (χ0n) is 17.6. The van der Waals surface area contributed by atoms with E-state index in [1.165, 1.54) is 16.7 Å². The lowest BCUT2D eigenvalue weighted by Crippen LogP contribution is -2.37. The van der Waals surface area contributed by atoms with Gasteiger partial charge in [-0.05, 0) is 48.2 Å². The molecule has 0 spiro atoms. The maximum absolute atomic E-state index is 13.4. The van der Waals surface area contributed by atoms with Crippen LogP contribution in [0, 0.1) is 13.8 Å². The van der Waals surface area contributed by atoms with Gasteiger partial charge in [-0.15, -0.1) is 0 Å². The van der Waals surface area contributed by atoms with Gasteiger partial charge in [-0.2, -0.15) is 0 Å². The largest absolute Gasteiger partial charge is 0.489 e. The zero-order valence-corrected chi connectivity index (χ0v) is 19.1. The second kappa shape index (κ2) is 7.97. The normalized spacial score (nSPS) is 16.5. The van der Waals surface area contributed by atoms with Crippen molar-refractivity contribution in [2.24, 2.45) is 4.99 Å². The van der Waals surface area contributed by atoms with Gasteiger partial charge in [0, 0.05) is 29.7 Å². The number of halogens is 1. The Bertz CT molecular complexity index is 1220. The lowest BCUT2D eigenvalue weighted by Gasteiger charge is -2.22. The second-order valence-corrected chi connectivity index (χ2v) is 8.80. The number of hydrogen-bond donors (Lipinski definition) is 0. The molecule has 3 aromatic carbocycles. The van der Waals surface area contributed by atoms with Gasteiger partial charge in [0.25, 0.3) is 5.91 Å². The first-order valence-corrected chi connectivity index (χ1v) is 11.5. The number of rotatable bonds is 4. The number of para-hydroxylation sites is 1. The van der Waals surface area contributed by atoms with E-state index in [1.807, 2.05) is 48.4 Å². The lowest BCUT2D eigenvalue weighted by molar-refractivity contribution is 0.0987. The molecular formula is C26H23BrN2O2. The second-order valence-electron chi connectivity index (χ2n) is 8.24. The zero-order chi connectivity index (χ0) is 21.5. The summed E-state index contributed by atoms with van der Waals surface area (Å²) >= 11 is 3.53. The van der Waals surface area contributed by atoms with Crippen molar-refractivity contribution in [3.8, 4) is 5.75 Å². The smallest absolute Gasteiger partial charge is 0.261 e. The highest BCUT2D eigenvalue weighted by Crippen LogP contribution is 2.38. The van der Waals surface area contributed by atoms with Crippen molar-refractivity contribution in [3.05, 3.63) is 88.0 Å². The Morgan fingerprint density at radius 3 is 2.74 bits per heavy atom. The van der Waals surface area contributed by atoms with E-state index in [9.17, 15) is 4.79 Å². The number of carbonyl (C=O) groups is 1. The minimum Gasteiger partial charge on any atom is -0.489 e. The van der Waals surface area contributed by atoms with Crippen LogP contribution in [0.1, 0.15) is 38.2 Å². The fraction of sp³-hybridized carbons (Fsp3) is 0.231. The van der Waals surface area contributed by atoms with Crippen LogP contribution in [0.3, 0.4) is 0 Å². The first kappa shape index (κ1) is 20.0. The Hall–Kier alpha value is -2.92. The number of aliphatic imine (C=N–C) groups is 1. The maximum Gasteiger partial charge on any atom is 0.261 e. The molecule has 4 nitrogen and oxygen atoms in total. The quantitative estimate of drug-likeness (QED) is 0.430. The molecule has 0 saturated carbocycles. The standard InChI is InChI=1S/C26H23BrN2O2/c1-16-7-18(13-27)10-19(8-16)15-31-25-12-23-22(9-17(25)2)26(30)29-21(14-28-23)11-20-5-3-4-6-24(20)29/h3-10,12,14,21H,11,13,15H2,1-2H3/t21-/m0/s1. The molecule has 5 heteroatoms. The number of aryl methyl sites for hydroxylation is 2. The molecule has 31 heavy (non-hydrogen) atoms. The summed E-state index contributed by atoms with van der Waals surface area (Å²) in [6.45, 7) is 4.54. The SMILES string of the molecule is Cc1cc(CBr)cc(COc2cc3c(cc2C)C(=O)N2c4ccccc4C[C@H]2C=N3)c1. The molecule has 0 unspecified atom stereocenters. The minimum atomic E-state index is -0.0445. The third kappa shape index (κ3) is 3.68. The van der Waals surface area contributed by atoms with Crippen LogP contribution < -0.4 is 9.64 Å². The minimum absolute atomic E-state index is 0.00209. The van der Waals surface area contributed by atoms with Crippen LogP contribution in [0.25, 0.3) is 0 Å². The number of nitrogens with zero attached hydrogens (tertiary/aromatic N) is 2. The van der Waals surface area contributed by atoms with Crippen molar-refractivity contribution in [1.29, 1.82) is 0 Å².